The van der Waals surface area contributed by atoms with Crippen LogP contribution in [0.4, 0.5) is 0 Å². The molecule has 1 fully saturated rings. The van der Waals surface area contributed by atoms with E-state index < -0.39 is 0 Å². The first kappa shape index (κ1) is 15.0. The first-order valence-electron chi connectivity index (χ1n) is 6.59. The molecule has 0 spiro atoms. The van der Waals surface area contributed by atoms with E-state index in [9.17, 15) is 9.59 Å². The third-order valence-electron chi connectivity index (χ3n) is 3.45. The van der Waals surface area contributed by atoms with Crippen LogP contribution >= 0.6 is 0 Å². The molecule has 1 amide bonds. The Kier molecular flexibility index (Phi) is 6.12. The molecule has 0 aromatic heterocycles. The number of carbonyl (C=O) groups excluding carboxylic acids is 2. The lowest BCUT2D eigenvalue weighted by Crippen LogP contribution is -2.43. The predicted molar refractivity (Wildman–Crippen MR) is 69.1 cm³/mol. The second-order valence-corrected chi connectivity index (χ2v) is 5.02. The van der Waals surface area contributed by atoms with Crippen molar-refractivity contribution in [2.75, 3.05) is 27.2 Å². The summed E-state index contributed by atoms with van der Waals surface area (Å²) in [6.07, 6.45) is 2.84. The van der Waals surface area contributed by atoms with Crippen LogP contribution in [0.2, 0.25) is 0 Å². The average Bonchev–Trinajstić information content (AvgIpc) is 2.37. The Bertz CT molecular complexity index is 294. The summed E-state index contributed by atoms with van der Waals surface area (Å²) >= 11 is 0. The van der Waals surface area contributed by atoms with Crippen molar-refractivity contribution in [1.82, 2.24) is 10.2 Å². The minimum atomic E-state index is -0.216. The van der Waals surface area contributed by atoms with Gasteiger partial charge in [-0.3, -0.25) is 9.59 Å². The van der Waals surface area contributed by atoms with Gasteiger partial charge in [0.05, 0.1) is 7.11 Å². The van der Waals surface area contributed by atoms with Gasteiger partial charge >= 0.3 is 5.97 Å². The zero-order chi connectivity index (χ0) is 13.5. The quantitative estimate of drug-likeness (QED) is 0.739. The normalized spacial score (nSPS) is 23.5. The molecule has 0 aromatic rings. The number of amides is 1. The summed E-state index contributed by atoms with van der Waals surface area (Å²) in [7, 11) is 3.19. The van der Waals surface area contributed by atoms with Crippen LogP contribution in [-0.2, 0) is 14.3 Å². The SMILES string of the molecule is COC(=O)CCCN(C)C(=O)[C@H]1CCN[C@@H](C)C1. The number of ether oxygens (including phenoxy) is 1. The molecule has 18 heavy (non-hydrogen) atoms. The first-order chi connectivity index (χ1) is 8.54. The number of carbonyl (C=O) groups is 2. The fraction of sp³-hybridized carbons (Fsp3) is 0.846. The molecule has 1 saturated heterocycles. The lowest BCUT2D eigenvalue weighted by molar-refractivity contribution is -0.141. The Balaban J connectivity index is 2.29. The Hall–Kier alpha value is -1.10. The van der Waals surface area contributed by atoms with Crippen LogP contribution in [0.25, 0.3) is 0 Å². The number of nitrogens with one attached hydrogen (secondary N) is 1. The number of esters is 1. The lowest BCUT2D eigenvalue weighted by atomic mass is 9.92. The Morgan fingerprint density at radius 3 is 2.78 bits per heavy atom. The van der Waals surface area contributed by atoms with E-state index >= 15 is 0 Å². The largest absolute Gasteiger partial charge is 0.469 e. The van der Waals surface area contributed by atoms with Crippen LogP contribution < -0.4 is 5.32 Å². The van der Waals surface area contributed by atoms with Crippen molar-refractivity contribution in [2.45, 2.75) is 38.6 Å². The molecule has 1 rings (SSSR count). The summed E-state index contributed by atoms with van der Waals surface area (Å²) in [5, 5.41) is 3.34. The second kappa shape index (κ2) is 7.36. The summed E-state index contributed by atoms with van der Waals surface area (Å²) in [5.74, 6) is 0.115. The number of rotatable bonds is 5. The zero-order valence-corrected chi connectivity index (χ0v) is 11.6. The van der Waals surface area contributed by atoms with Crippen molar-refractivity contribution in [3.05, 3.63) is 0 Å². The van der Waals surface area contributed by atoms with E-state index in [1.807, 2.05) is 7.05 Å². The predicted octanol–water partition coefficient (Wildman–Crippen LogP) is 0.786. The highest BCUT2D eigenvalue weighted by atomic mass is 16.5. The highest BCUT2D eigenvalue weighted by molar-refractivity contribution is 5.78. The molecule has 0 saturated carbocycles. The van der Waals surface area contributed by atoms with E-state index in [0.717, 1.165) is 19.4 Å². The molecular formula is C13H24N2O3. The van der Waals surface area contributed by atoms with E-state index in [1.165, 1.54) is 7.11 Å². The number of piperidine rings is 1. The van der Waals surface area contributed by atoms with Gasteiger partial charge in [-0.2, -0.15) is 0 Å². The van der Waals surface area contributed by atoms with Crippen LogP contribution in [-0.4, -0.2) is 50.1 Å². The van der Waals surface area contributed by atoms with Gasteiger partial charge in [0.2, 0.25) is 5.91 Å². The Labute approximate surface area is 109 Å². The molecule has 0 radical (unpaired) electrons. The van der Waals surface area contributed by atoms with Crippen molar-refractivity contribution < 1.29 is 14.3 Å². The Morgan fingerprint density at radius 1 is 1.44 bits per heavy atom. The molecule has 1 heterocycles. The van der Waals surface area contributed by atoms with Crippen LogP contribution in [0.1, 0.15) is 32.6 Å². The van der Waals surface area contributed by atoms with Gasteiger partial charge in [0.15, 0.2) is 0 Å². The van der Waals surface area contributed by atoms with E-state index in [2.05, 4.69) is 17.0 Å². The number of methoxy groups -OCH3 is 1. The van der Waals surface area contributed by atoms with E-state index in [4.69, 9.17) is 0 Å². The van der Waals surface area contributed by atoms with E-state index in [1.54, 1.807) is 4.90 Å². The van der Waals surface area contributed by atoms with Crippen molar-refractivity contribution in [3.8, 4) is 0 Å². The minimum absolute atomic E-state index is 0.129. The highest BCUT2D eigenvalue weighted by Gasteiger charge is 2.26. The lowest BCUT2D eigenvalue weighted by Gasteiger charge is -2.30. The molecule has 1 N–H and O–H groups in total. The first-order valence-corrected chi connectivity index (χ1v) is 6.59. The molecular weight excluding hydrogens is 232 g/mol. The fourth-order valence-corrected chi connectivity index (χ4v) is 2.34. The molecule has 1 aliphatic rings. The van der Waals surface area contributed by atoms with Crippen LogP contribution in [0, 0.1) is 5.92 Å². The standard InChI is InChI=1S/C13H24N2O3/c1-10-9-11(6-7-14-10)13(17)15(2)8-4-5-12(16)18-3/h10-11,14H,4-9H2,1-3H3/t10-,11-/m0/s1. The van der Waals surface area contributed by atoms with Gasteiger partial charge in [0.25, 0.3) is 0 Å². The van der Waals surface area contributed by atoms with Gasteiger partial charge in [-0.05, 0) is 32.7 Å². The van der Waals surface area contributed by atoms with Crippen molar-refractivity contribution in [2.24, 2.45) is 5.92 Å². The topological polar surface area (TPSA) is 58.6 Å². The minimum Gasteiger partial charge on any atom is -0.469 e. The monoisotopic (exact) mass is 256 g/mol. The van der Waals surface area contributed by atoms with E-state index in [-0.39, 0.29) is 17.8 Å². The summed E-state index contributed by atoms with van der Waals surface area (Å²) in [6.45, 7) is 3.64. The zero-order valence-electron chi connectivity index (χ0n) is 11.6. The average molecular weight is 256 g/mol. The third kappa shape index (κ3) is 4.64. The van der Waals surface area contributed by atoms with Crippen LogP contribution in [0.3, 0.4) is 0 Å². The molecule has 0 unspecified atom stereocenters. The molecule has 1 aliphatic heterocycles. The van der Waals surface area contributed by atoms with E-state index in [0.29, 0.717) is 25.4 Å². The number of hydrogen-bond acceptors (Lipinski definition) is 4. The Morgan fingerprint density at radius 2 is 2.17 bits per heavy atom. The third-order valence-corrected chi connectivity index (χ3v) is 3.45. The maximum atomic E-state index is 12.2. The maximum Gasteiger partial charge on any atom is 0.305 e. The summed E-state index contributed by atoms with van der Waals surface area (Å²) in [6, 6.07) is 0.413. The van der Waals surface area contributed by atoms with Gasteiger partial charge in [-0.15, -0.1) is 0 Å². The molecule has 0 aromatic carbocycles. The number of hydrogen-bond donors (Lipinski definition) is 1. The number of nitrogens with zero attached hydrogens (tertiary/aromatic N) is 1. The molecule has 5 nitrogen and oxygen atoms in total. The molecule has 104 valence electrons. The summed E-state index contributed by atoms with van der Waals surface area (Å²) in [4.78, 5) is 24.9. The highest BCUT2D eigenvalue weighted by Crippen LogP contribution is 2.18. The van der Waals surface area contributed by atoms with Gasteiger partial charge < -0.3 is 15.0 Å². The molecule has 0 bridgehead atoms. The van der Waals surface area contributed by atoms with Crippen molar-refractivity contribution in [1.29, 1.82) is 0 Å². The smallest absolute Gasteiger partial charge is 0.305 e. The fourth-order valence-electron chi connectivity index (χ4n) is 2.34. The second-order valence-electron chi connectivity index (χ2n) is 5.02. The van der Waals surface area contributed by atoms with Gasteiger partial charge in [0.1, 0.15) is 0 Å². The summed E-state index contributed by atoms with van der Waals surface area (Å²) in [5.41, 5.74) is 0. The van der Waals surface area contributed by atoms with Gasteiger partial charge in [-0.1, -0.05) is 0 Å². The summed E-state index contributed by atoms with van der Waals surface area (Å²) < 4.78 is 4.57. The molecule has 5 heteroatoms. The molecule has 0 aliphatic carbocycles. The van der Waals surface area contributed by atoms with Crippen LogP contribution in [0.15, 0.2) is 0 Å². The van der Waals surface area contributed by atoms with Gasteiger partial charge in [0, 0.05) is 32.0 Å². The van der Waals surface area contributed by atoms with Crippen LogP contribution in [0.5, 0.6) is 0 Å². The van der Waals surface area contributed by atoms with Crippen molar-refractivity contribution in [3.63, 3.8) is 0 Å². The van der Waals surface area contributed by atoms with Crippen molar-refractivity contribution >= 4 is 11.9 Å². The molecule has 2 atom stereocenters. The maximum absolute atomic E-state index is 12.2. The van der Waals surface area contributed by atoms with Gasteiger partial charge in [-0.25, -0.2) is 0 Å².